The van der Waals surface area contributed by atoms with E-state index < -0.39 is 0 Å². The zero-order chi connectivity index (χ0) is 14.8. The summed E-state index contributed by atoms with van der Waals surface area (Å²) in [6.07, 6.45) is 13.7. The maximum Gasteiger partial charge on any atom is -0.0262 e. The fourth-order valence-electron chi connectivity index (χ4n) is 1.14. The monoisotopic (exact) mass is 268 g/mol. The molecule has 0 heterocycles. The minimum atomic E-state index is 0. The van der Waals surface area contributed by atoms with Gasteiger partial charge in [0.15, 0.2) is 0 Å². The van der Waals surface area contributed by atoms with Crippen LogP contribution < -0.4 is 0 Å². The van der Waals surface area contributed by atoms with Crippen LogP contribution in [0.25, 0.3) is 0 Å². The van der Waals surface area contributed by atoms with E-state index in [0.29, 0.717) is 0 Å². The normalized spacial score (nSPS) is 11.8. The van der Waals surface area contributed by atoms with Crippen molar-refractivity contribution in [2.24, 2.45) is 0 Å². The van der Waals surface area contributed by atoms with E-state index in [1.807, 2.05) is 63.3 Å². The van der Waals surface area contributed by atoms with Gasteiger partial charge in [-0.15, -0.1) is 0 Å². The van der Waals surface area contributed by atoms with Crippen molar-refractivity contribution < 1.29 is 0 Å². The van der Waals surface area contributed by atoms with Crippen LogP contribution in [0.1, 0.15) is 28.2 Å². The van der Waals surface area contributed by atoms with Gasteiger partial charge >= 0.3 is 0 Å². The molecule has 0 aromatic carbocycles. The van der Waals surface area contributed by atoms with Gasteiger partial charge in [0, 0.05) is 0 Å². The van der Waals surface area contributed by atoms with Crippen LogP contribution in [0.15, 0.2) is 96.7 Å². The van der Waals surface area contributed by atoms with Crippen molar-refractivity contribution in [2.45, 2.75) is 28.2 Å². The molecule has 0 rings (SSSR count). The molecule has 0 aliphatic heterocycles. The number of rotatable bonds is 7. The number of hydrogen-bond acceptors (Lipinski definition) is 0. The van der Waals surface area contributed by atoms with Crippen molar-refractivity contribution in [3.8, 4) is 0 Å². The second kappa shape index (κ2) is 10.8. The highest BCUT2D eigenvalue weighted by Gasteiger charge is 1.94. The first-order valence-corrected chi connectivity index (χ1v) is 6.27. The molecule has 0 amide bonds. The molecule has 0 heteroatoms. The summed E-state index contributed by atoms with van der Waals surface area (Å²) < 4.78 is 0. The molecule has 0 atom stereocenters. The van der Waals surface area contributed by atoms with E-state index in [2.05, 4.69) is 26.3 Å². The van der Waals surface area contributed by atoms with Crippen molar-refractivity contribution >= 4 is 0 Å². The number of allylic oxidation sites excluding steroid dienone is 12. The Kier molecular flexibility index (Phi) is 10.9. The van der Waals surface area contributed by atoms with Crippen molar-refractivity contribution in [3.05, 3.63) is 96.7 Å². The highest BCUT2D eigenvalue weighted by molar-refractivity contribution is 5.47. The Morgan fingerprint density at radius 3 is 1.65 bits per heavy atom. The molecule has 0 aromatic heterocycles. The Morgan fingerprint density at radius 1 is 0.750 bits per heavy atom. The van der Waals surface area contributed by atoms with Crippen LogP contribution in [0.5, 0.6) is 0 Å². The third-order valence-electron chi connectivity index (χ3n) is 2.51. The van der Waals surface area contributed by atoms with E-state index in [-0.39, 0.29) is 7.43 Å². The SMILES string of the molecule is C.C=C(C)/C=C\C(=C)C(=C)/C=C\C(=C)/C(C)=C/C=C\C. The summed E-state index contributed by atoms with van der Waals surface area (Å²) in [7, 11) is 0. The van der Waals surface area contributed by atoms with E-state index in [0.717, 1.165) is 27.9 Å². The quantitative estimate of drug-likeness (QED) is 0.462. The molecule has 0 aliphatic carbocycles. The molecule has 0 aromatic rings. The Labute approximate surface area is 125 Å². The van der Waals surface area contributed by atoms with Crippen molar-refractivity contribution in [3.63, 3.8) is 0 Å². The molecule has 0 saturated carbocycles. The van der Waals surface area contributed by atoms with Gasteiger partial charge in [0.25, 0.3) is 0 Å². The third kappa shape index (κ3) is 8.93. The molecule has 0 nitrogen and oxygen atoms in total. The van der Waals surface area contributed by atoms with E-state index in [1.165, 1.54) is 0 Å². The lowest BCUT2D eigenvalue weighted by molar-refractivity contribution is 1.43. The molecule has 0 unspecified atom stereocenters. The van der Waals surface area contributed by atoms with Gasteiger partial charge in [0.05, 0.1) is 0 Å². The maximum atomic E-state index is 4.02. The predicted molar refractivity (Wildman–Crippen MR) is 95.8 cm³/mol. The van der Waals surface area contributed by atoms with Gasteiger partial charge in [0.1, 0.15) is 0 Å². The lowest BCUT2D eigenvalue weighted by atomic mass is 10.0. The van der Waals surface area contributed by atoms with Crippen LogP contribution in [-0.2, 0) is 0 Å². The van der Waals surface area contributed by atoms with Crippen LogP contribution in [0, 0.1) is 0 Å². The van der Waals surface area contributed by atoms with Gasteiger partial charge in [-0.3, -0.25) is 0 Å². The van der Waals surface area contributed by atoms with Gasteiger partial charge in [-0.2, -0.15) is 0 Å². The largest absolute Gasteiger partial charge is 0.0961 e. The number of hydrogen-bond donors (Lipinski definition) is 0. The average molecular weight is 268 g/mol. The van der Waals surface area contributed by atoms with Gasteiger partial charge in [0.2, 0.25) is 0 Å². The Bertz CT molecular complexity index is 488. The molecule has 0 fully saturated rings. The zero-order valence-corrected chi connectivity index (χ0v) is 12.4. The molecular formula is C20H28. The molecule has 0 spiro atoms. The third-order valence-corrected chi connectivity index (χ3v) is 2.51. The van der Waals surface area contributed by atoms with Gasteiger partial charge in [-0.25, -0.2) is 0 Å². The lowest BCUT2D eigenvalue weighted by Gasteiger charge is -2.01. The summed E-state index contributed by atoms with van der Waals surface area (Å²) in [5, 5.41) is 0. The van der Waals surface area contributed by atoms with Crippen LogP contribution in [0.4, 0.5) is 0 Å². The van der Waals surface area contributed by atoms with E-state index in [9.17, 15) is 0 Å². The van der Waals surface area contributed by atoms with Gasteiger partial charge in [-0.05, 0) is 43.1 Å². The molecular weight excluding hydrogens is 240 g/mol. The fourth-order valence-corrected chi connectivity index (χ4v) is 1.14. The standard InChI is InChI=1S/C19H24.CH4/c1-8-9-10-16(4)18(6)13-14-19(7)17(5)12-11-15(2)3;/h8-14H,2,5-7H2,1,3-4H3;1H4/b9-8-,12-11-,14-13-,16-10+;. The van der Waals surface area contributed by atoms with Gasteiger partial charge < -0.3 is 0 Å². The van der Waals surface area contributed by atoms with Crippen molar-refractivity contribution in [1.29, 1.82) is 0 Å². The highest BCUT2D eigenvalue weighted by atomic mass is 14.0. The summed E-state index contributed by atoms with van der Waals surface area (Å²) in [6, 6.07) is 0. The lowest BCUT2D eigenvalue weighted by Crippen LogP contribution is -1.82. The summed E-state index contributed by atoms with van der Waals surface area (Å²) in [4.78, 5) is 0. The first-order chi connectivity index (χ1) is 8.88. The fraction of sp³-hybridized carbons (Fsp3) is 0.200. The summed E-state index contributed by atoms with van der Waals surface area (Å²) in [5.74, 6) is 0. The maximum absolute atomic E-state index is 4.02. The molecule has 20 heavy (non-hydrogen) atoms. The van der Waals surface area contributed by atoms with E-state index in [1.54, 1.807) is 0 Å². The van der Waals surface area contributed by atoms with Crippen molar-refractivity contribution in [1.82, 2.24) is 0 Å². The predicted octanol–water partition coefficient (Wildman–Crippen LogP) is 6.50. The minimum Gasteiger partial charge on any atom is -0.0961 e. The molecule has 0 N–H and O–H groups in total. The smallest absolute Gasteiger partial charge is 0.0262 e. The molecule has 0 aliphatic rings. The molecule has 108 valence electrons. The van der Waals surface area contributed by atoms with Crippen LogP contribution in [-0.4, -0.2) is 0 Å². The first kappa shape index (κ1) is 20.2. The second-order valence-electron chi connectivity index (χ2n) is 4.46. The first-order valence-electron chi connectivity index (χ1n) is 6.27. The molecule has 0 bridgehead atoms. The summed E-state index contributed by atoms with van der Waals surface area (Å²) in [6.45, 7) is 21.7. The average Bonchev–Trinajstić information content (AvgIpc) is 2.38. The van der Waals surface area contributed by atoms with Crippen LogP contribution in [0.3, 0.4) is 0 Å². The van der Waals surface area contributed by atoms with E-state index in [4.69, 9.17) is 0 Å². The Balaban J connectivity index is 0. The topological polar surface area (TPSA) is 0 Å². The Hall–Kier alpha value is -2.08. The molecule has 0 radical (unpaired) electrons. The van der Waals surface area contributed by atoms with E-state index >= 15 is 0 Å². The van der Waals surface area contributed by atoms with Crippen molar-refractivity contribution in [2.75, 3.05) is 0 Å². The second-order valence-corrected chi connectivity index (χ2v) is 4.46. The molecule has 0 saturated heterocycles. The summed E-state index contributed by atoms with van der Waals surface area (Å²) in [5.41, 5.74) is 4.84. The van der Waals surface area contributed by atoms with Crippen LogP contribution in [0.2, 0.25) is 0 Å². The highest BCUT2D eigenvalue weighted by Crippen LogP contribution is 2.14. The van der Waals surface area contributed by atoms with Gasteiger partial charge in [-0.1, -0.05) is 81.8 Å². The Morgan fingerprint density at radius 2 is 1.20 bits per heavy atom. The van der Waals surface area contributed by atoms with Crippen LogP contribution >= 0.6 is 0 Å². The summed E-state index contributed by atoms with van der Waals surface area (Å²) >= 11 is 0. The minimum absolute atomic E-state index is 0. The zero-order valence-electron chi connectivity index (χ0n) is 12.4.